The van der Waals surface area contributed by atoms with Gasteiger partial charge >= 0.3 is 5.97 Å². The van der Waals surface area contributed by atoms with E-state index < -0.39 is 0 Å². The van der Waals surface area contributed by atoms with Crippen LogP contribution in [0, 0.1) is 6.92 Å². The molecule has 0 aromatic heterocycles. The lowest BCUT2D eigenvalue weighted by molar-refractivity contribution is -0.142. The van der Waals surface area contributed by atoms with E-state index in [1.165, 1.54) is 6.92 Å². The molecule has 70 valence electrons. The van der Waals surface area contributed by atoms with E-state index in [9.17, 15) is 4.79 Å². The topological polar surface area (TPSA) is 26.3 Å². The number of hydrogen-bond acceptors (Lipinski definition) is 2. The van der Waals surface area contributed by atoms with Crippen molar-refractivity contribution in [2.24, 2.45) is 0 Å². The first-order valence-electron chi connectivity index (χ1n) is 3.97. The minimum Gasteiger partial charge on any atom is -0.461 e. The Morgan fingerprint density at radius 3 is 2.69 bits per heavy atom. The highest BCUT2D eigenvalue weighted by atomic mass is 79.9. The van der Waals surface area contributed by atoms with Crippen LogP contribution >= 0.6 is 15.9 Å². The van der Waals surface area contributed by atoms with E-state index in [2.05, 4.69) is 15.9 Å². The van der Waals surface area contributed by atoms with E-state index in [0.29, 0.717) is 6.61 Å². The maximum atomic E-state index is 10.6. The molecule has 0 bridgehead atoms. The molecule has 0 spiro atoms. The van der Waals surface area contributed by atoms with Crippen molar-refractivity contribution in [3.05, 3.63) is 33.8 Å². The minimum absolute atomic E-state index is 0.252. The molecule has 0 radical (unpaired) electrons. The molecule has 0 aliphatic rings. The van der Waals surface area contributed by atoms with Crippen molar-refractivity contribution in [2.75, 3.05) is 0 Å². The average molecular weight is 243 g/mol. The van der Waals surface area contributed by atoms with Crippen LogP contribution in [0.3, 0.4) is 0 Å². The number of carbonyl (C=O) groups is 1. The SMILES string of the molecule is CC(=O)OCc1cc(C)cc(Br)c1. The average Bonchev–Trinajstić information content (AvgIpc) is 1.99. The Morgan fingerprint density at radius 2 is 2.15 bits per heavy atom. The Balaban J connectivity index is 2.71. The largest absolute Gasteiger partial charge is 0.461 e. The van der Waals surface area contributed by atoms with E-state index in [1.807, 2.05) is 25.1 Å². The van der Waals surface area contributed by atoms with Crippen molar-refractivity contribution in [1.29, 1.82) is 0 Å². The molecule has 1 aromatic rings. The second-order valence-electron chi connectivity index (χ2n) is 2.92. The first-order valence-corrected chi connectivity index (χ1v) is 4.76. The summed E-state index contributed by atoms with van der Waals surface area (Å²) >= 11 is 3.38. The van der Waals surface area contributed by atoms with Crippen molar-refractivity contribution >= 4 is 21.9 Å². The first kappa shape index (κ1) is 10.3. The Labute approximate surface area is 86.0 Å². The third-order valence-corrected chi connectivity index (χ3v) is 2.00. The highest BCUT2D eigenvalue weighted by Gasteiger charge is 1.98. The number of aryl methyl sites for hydroxylation is 1. The maximum absolute atomic E-state index is 10.6. The van der Waals surface area contributed by atoms with E-state index in [0.717, 1.165) is 15.6 Å². The summed E-state index contributed by atoms with van der Waals surface area (Å²) in [5.74, 6) is -0.252. The highest BCUT2D eigenvalue weighted by Crippen LogP contribution is 2.15. The third-order valence-electron chi connectivity index (χ3n) is 1.54. The van der Waals surface area contributed by atoms with Crippen LogP contribution in [0.25, 0.3) is 0 Å². The van der Waals surface area contributed by atoms with Crippen LogP contribution in [-0.2, 0) is 16.1 Å². The summed E-state index contributed by atoms with van der Waals surface area (Å²) in [5.41, 5.74) is 2.15. The van der Waals surface area contributed by atoms with Gasteiger partial charge in [0.25, 0.3) is 0 Å². The zero-order valence-electron chi connectivity index (χ0n) is 7.63. The summed E-state index contributed by atoms with van der Waals surface area (Å²) in [6, 6.07) is 5.95. The first-order chi connectivity index (χ1) is 6.08. The number of halogens is 1. The summed E-state index contributed by atoms with van der Waals surface area (Å²) in [6.45, 7) is 3.75. The zero-order valence-corrected chi connectivity index (χ0v) is 9.22. The van der Waals surface area contributed by atoms with Gasteiger partial charge < -0.3 is 4.74 Å². The maximum Gasteiger partial charge on any atom is 0.302 e. The monoisotopic (exact) mass is 242 g/mol. The normalized spacial score (nSPS) is 9.77. The molecular weight excluding hydrogens is 232 g/mol. The fourth-order valence-corrected chi connectivity index (χ4v) is 1.74. The Bertz CT molecular complexity index is 300. The van der Waals surface area contributed by atoms with Crippen LogP contribution < -0.4 is 0 Å². The number of esters is 1. The van der Waals surface area contributed by atoms with Crippen LogP contribution in [0.4, 0.5) is 0 Å². The lowest BCUT2D eigenvalue weighted by Crippen LogP contribution is -1.98. The molecule has 0 amide bonds. The van der Waals surface area contributed by atoms with Gasteiger partial charge in [-0.15, -0.1) is 0 Å². The molecule has 0 heterocycles. The van der Waals surface area contributed by atoms with Gasteiger partial charge in [-0.05, 0) is 30.2 Å². The van der Waals surface area contributed by atoms with Gasteiger partial charge in [-0.25, -0.2) is 0 Å². The number of ether oxygens (including phenoxy) is 1. The van der Waals surface area contributed by atoms with Gasteiger partial charge in [0, 0.05) is 11.4 Å². The van der Waals surface area contributed by atoms with E-state index in [1.54, 1.807) is 0 Å². The molecule has 2 nitrogen and oxygen atoms in total. The van der Waals surface area contributed by atoms with E-state index in [-0.39, 0.29) is 5.97 Å². The van der Waals surface area contributed by atoms with Crippen LogP contribution in [0.5, 0.6) is 0 Å². The molecule has 0 saturated heterocycles. The van der Waals surface area contributed by atoms with Gasteiger partial charge in [0.1, 0.15) is 6.61 Å². The fraction of sp³-hybridized carbons (Fsp3) is 0.300. The number of carbonyl (C=O) groups excluding carboxylic acids is 1. The Hall–Kier alpha value is -0.830. The van der Waals surface area contributed by atoms with Gasteiger partial charge in [-0.3, -0.25) is 4.79 Å². The number of benzene rings is 1. The molecule has 0 fully saturated rings. The molecule has 0 atom stereocenters. The van der Waals surface area contributed by atoms with Crippen LogP contribution in [0.2, 0.25) is 0 Å². The van der Waals surface area contributed by atoms with Crippen molar-refractivity contribution in [3.63, 3.8) is 0 Å². The lowest BCUT2D eigenvalue weighted by Gasteiger charge is -2.03. The second kappa shape index (κ2) is 4.42. The Morgan fingerprint density at radius 1 is 1.46 bits per heavy atom. The molecule has 3 heteroatoms. The molecule has 0 aliphatic carbocycles. The van der Waals surface area contributed by atoms with Gasteiger partial charge in [0.05, 0.1) is 0 Å². The number of rotatable bonds is 2. The summed E-state index contributed by atoms with van der Waals surface area (Å²) in [4.78, 5) is 10.6. The zero-order chi connectivity index (χ0) is 9.84. The third kappa shape index (κ3) is 3.59. The molecule has 1 rings (SSSR count). The van der Waals surface area contributed by atoms with Crippen molar-refractivity contribution < 1.29 is 9.53 Å². The molecule has 0 saturated carbocycles. The number of hydrogen-bond donors (Lipinski definition) is 0. The molecule has 0 unspecified atom stereocenters. The van der Waals surface area contributed by atoms with Crippen LogP contribution in [-0.4, -0.2) is 5.97 Å². The lowest BCUT2D eigenvalue weighted by atomic mass is 10.1. The highest BCUT2D eigenvalue weighted by molar-refractivity contribution is 9.10. The fourth-order valence-electron chi connectivity index (χ4n) is 1.08. The predicted octanol–water partition coefficient (Wildman–Crippen LogP) is 2.82. The predicted molar refractivity (Wildman–Crippen MR) is 54.3 cm³/mol. The van der Waals surface area contributed by atoms with Crippen LogP contribution in [0.1, 0.15) is 18.1 Å². The molecule has 0 N–H and O–H groups in total. The van der Waals surface area contributed by atoms with E-state index >= 15 is 0 Å². The molecule has 13 heavy (non-hydrogen) atoms. The van der Waals surface area contributed by atoms with Gasteiger partial charge in [-0.2, -0.15) is 0 Å². The van der Waals surface area contributed by atoms with Crippen molar-refractivity contribution in [2.45, 2.75) is 20.5 Å². The summed E-state index contributed by atoms with van der Waals surface area (Å²) in [7, 11) is 0. The minimum atomic E-state index is -0.252. The van der Waals surface area contributed by atoms with Gasteiger partial charge in [-0.1, -0.05) is 22.0 Å². The Kier molecular flexibility index (Phi) is 3.48. The van der Waals surface area contributed by atoms with Gasteiger partial charge in [0.2, 0.25) is 0 Å². The molecule has 1 aromatic carbocycles. The standard InChI is InChI=1S/C10H11BrO2/c1-7-3-9(5-10(11)4-7)6-13-8(2)12/h3-5H,6H2,1-2H3. The van der Waals surface area contributed by atoms with Crippen LogP contribution in [0.15, 0.2) is 22.7 Å². The summed E-state index contributed by atoms with van der Waals surface area (Å²) in [5, 5.41) is 0. The smallest absolute Gasteiger partial charge is 0.302 e. The van der Waals surface area contributed by atoms with Crippen molar-refractivity contribution in [1.82, 2.24) is 0 Å². The van der Waals surface area contributed by atoms with E-state index in [4.69, 9.17) is 4.74 Å². The summed E-state index contributed by atoms with van der Waals surface area (Å²) < 4.78 is 5.89. The quantitative estimate of drug-likeness (QED) is 0.746. The molecular formula is C10H11BrO2. The van der Waals surface area contributed by atoms with Crippen molar-refractivity contribution in [3.8, 4) is 0 Å². The summed E-state index contributed by atoms with van der Waals surface area (Å²) in [6.07, 6.45) is 0. The molecule has 0 aliphatic heterocycles. The second-order valence-corrected chi connectivity index (χ2v) is 3.83. The van der Waals surface area contributed by atoms with Gasteiger partial charge in [0.15, 0.2) is 0 Å².